The van der Waals surface area contributed by atoms with Crippen LogP contribution in [0, 0.1) is 0 Å². The SMILES string of the molecule is O=C(OC1[C@@H](OC(=O)c2cc(OCc3ccccc3)c(OCc3ccccc3)c(OCc3ccccc3)c2)[C@H](O)O[C@H]2COC(=O)c3cc(OCc4ccccc4)c(OCc4ccccc4)c(OCc4ccccc4)c3-c3c(cc(OCc4ccccc4)c(OCc4ccccc4)c3OCc3ccccc3)C(=O)O[C@@H]12)c1cc(OCc2ccccc2)c(OCc2ccccc2)c(OCc2ccccc2)c1. The lowest BCUT2D eigenvalue weighted by molar-refractivity contribution is -0.284. The summed E-state index contributed by atoms with van der Waals surface area (Å²) in [6.07, 6.45) is -10.8. The molecule has 16 aromatic carbocycles. The molecule has 2 aliphatic rings. The molecule has 18 rings (SSSR count). The van der Waals surface area contributed by atoms with Crippen molar-refractivity contribution in [2.45, 2.75) is 110 Å². The molecule has 16 aromatic rings. The van der Waals surface area contributed by atoms with Crippen LogP contribution in [0.1, 0.15) is 108 Å². The minimum Gasteiger partial charge on any atom is -0.485 e. The molecular weight excluding hydrogens is 1770 g/mol. The fourth-order valence-corrected chi connectivity index (χ4v) is 15.9. The fraction of sp³-hybridized carbons (Fsp3) is 0.153. The summed E-state index contributed by atoms with van der Waals surface area (Å²) in [5.41, 5.74) is 7.16. The van der Waals surface area contributed by atoms with E-state index in [1.54, 1.807) is 0 Å². The zero-order valence-corrected chi connectivity index (χ0v) is 76.2. The summed E-state index contributed by atoms with van der Waals surface area (Å²) in [5, 5.41) is 13.3. The van der Waals surface area contributed by atoms with Crippen molar-refractivity contribution >= 4 is 23.9 Å². The van der Waals surface area contributed by atoms with Crippen LogP contribution in [0.3, 0.4) is 0 Å². The first-order chi connectivity index (χ1) is 69.0. The Morgan fingerprint density at radius 3 is 0.707 bits per heavy atom. The third-order valence-corrected chi connectivity index (χ3v) is 23.1. The van der Waals surface area contributed by atoms with Crippen LogP contribution in [0.5, 0.6) is 69.0 Å². The van der Waals surface area contributed by atoms with Crippen molar-refractivity contribution in [1.82, 2.24) is 0 Å². The summed E-state index contributed by atoms with van der Waals surface area (Å²) in [7, 11) is 0. The van der Waals surface area contributed by atoms with E-state index in [-0.39, 0.29) is 176 Å². The number of rotatable bonds is 40. The number of ether oxygens (including phenoxy) is 17. The maximum absolute atomic E-state index is 17.7. The highest BCUT2D eigenvalue weighted by molar-refractivity contribution is 6.09. The maximum atomic E-state index is 17.7. The molecule has 1 N–H and O–H groups in total. The van der Waals surface area contributed by atoms with E-state index in [1.807, 2.05) is 364 Å². The number of aliphatic hydroxyl groups is 1. The summed E-state index contributed by atoms with van der Waals surface area (Å²) >= 11 is 0. The first-order valence-corrected chi connectivity index (χ1v) is 45.9. The second-order valence-corrected chi connectivity index (χ2v) is 33.1. The third kappa shape index (κ3) is 24.2. The lowest BCUT2D eigenvalue weighted by atomic mass is 9.91. The highest BCUT2D eigenvalue weighted by atomic mass is 16.7. The standard InChI is InChI=1S/C118H98O22/c119-114(92-61-96(124-67-80-37-13-1-14-38-80)105(130-73-86-49-25-7-26-50-86)97(62-92)125-68-81-39-15-2-16-40-81)139-112-109-102(137-118(123)113(112)140-115(120)93-63-98(126-69-82-41-17-3-18-42-82)106(131-74-87-51-27-8-28-52-87)99(64-93)127-70-83-43-19-4-20-44-83)79-136-116(121)94-65-100(128-71-84-45-21-5-22-46-84)107(132-75-88-53-29-9-30-54-88)110(134-77-90-57-33-11-34-58-90)103(94)104-95(117(122)138-109)66-101(129-72-85-47-23-6-24-48-85)108(133-76-89-55-31-10-32-56-89)111(104)135-78-91-59-35-12-36-60-91/h1-66,102,109,112-113,118,123H,67-79H2/t102-,109+,112?,113+,118+/m0/s1. The van der Waals surface area contributed by atoms with Crippen molar-refractivity contribution < 1.29 is 105 Å². The minimum absolute atomic E-state index is 0.0106. The Bertz CT molecular complexity index is 6650. The van der Waals surface area contributed by atoms with Crippen LogP contribution >= 0.6 is 0 Å². The van der Waals surface area contributed by atoms with Gasteiger partial charge in [0.1, 0.15) is 92.0 Å². The van der Waals surface area contributed by atoms with E-state index in [4.69, 9.17) is 80.5 Å². The zero-order valence-electron chi connectivity index (χ0n) is 76.2. The van der Waals surface area contributed by atoms with Crippen LogP contribution in [0.4, 0.5) is 0 Å². The van der Waals surface area contributed by atoms with E-state index in [0.29, 0.717) is 22.3 Å². The Labute approximate surface area is 810 Å². The molecule has 5 atom stereocenters. The zero-order chi connectivity index (χ0) is 95.4. The van der Waals surface area contributed by atoms with E-state index >= 15 is 19.2 Å². The van der Waals surface area contributed by atoms with E-state index in [0.717, 1.165) is 44.5 Å². The molecular formula is C118H98O22. The van der Waals surface area contributed by atoms with Gasteiger partial charge in [0.15, 0.2) is 70.6 Å². The van der Waals surface area contributed by atoms with Crippen LogP contribution in [0.2, 0.25) is 0 Å². The van der Waals surface area contributed by atoms with Gasteiger partial charge in [-0.3, -0.25) is 0 Å². The number of fused-ring (bicyclic) bond motifs is 4. The Morgan fingerprint density at radius 1 is 0.250 bits per heavy atom. The number of carbonyl (C=O) groups excluding carboxylic acids is 4. The second kappa shape index (κ2) is 46.4. The van der Waals surface area contributed by atoms with Crippen molar-refractivity contribution in [3.63, 3.8) is 0 Å². The van der Waals surface area contributed by atoms with Gasteiger partial charge in [0.2, 0.25) is 23.0 Å². The molecule has 2 aliphatic heterocycles. The normalized spacial score (nSPS) is 14.7. The van der Waals surface area contributed by atoms with Crippen LogP contribution in [-0.2, 0) is 103 Å². The monoisotopic (exact) mass is 1870 g/mol. The Kier molecular flexibility index (Phi) is 31.0. The summed E-state index contributed by atoms with van der Waals surface area (Å²) < 4.78 is 117. The van der Waals surface area contributed by atoms with Gasteiger partial charge in [-0.25, -0.2) is 19.2 Å². The largest absolute Gasteiger partial charge is 0.485 e. The lowest BCUT2D eigenvalue weighted by Gasteiger charge is -2.42. The van der Waals surface area contributed by atoms with Gasteiger partial charge in [0.05, 0.1) is 22.3 Å². The molecule has 0 aromatic heterocycles. The van der Waals surface area contributed by atoms with Crippen molar-refractivity contribution in [1.29, 1.82) is 0 Å². The topological polar surface area (TPSA) is 245 Å². The number of benzene rings is 16. The van der Waals surface area contributed by atoms with Gasteiger partial charge in [-0.05, 0) is 103 Å². The molecule has 1 fully saturated rings. The molecule has 22 heteroatoms. The number of hydrogen-bond donors (Lipinski definition) is 1. The second-order valence-electron chi connectivity index (χ2n) is 33.1. The predicted octanol–water partition coefficient (Wildman–Crippen LogP) is 23.2. The molecule has 0 aliphatic carbocycles. The molecule has 0 bridgehead atoms. The number of esters is 4. The molecule has 140 heavy (non-hydrogen) atoms. The summed E-state index contributed by atoms with van der Waals surface area (Å²) in [6.45, 7) is -1.93. The molecule has 0 spiro atoms. The van der Waals surface area contributed by atoms with Gasteiger partial charge >= 0.3 is 23.9 Å². The number of aliphatic hydroxyl groups excluding tert-OH is 1. The van der Waals surface area contributed by atoms with Crippen LogP contribution in [0.15, 0.2) is 400 Å². The van der Waals surface area contributed by atoms with E-state index in [1.165, 1.54) is 36.4 Å². The third-order valence-electron chi connectivity index (χ3n) is 23.1. The number of hydrogen-bond acceptors (Lipinski definition) is 22. The molecule has 22 nitrogen and oxygen atoms in total. The first-order valence-electron chi connectivity index (χ1n) is 45.9. The van der Waals surface area contributed by atoms with Gasteiger partial charge in [0, 0.05) is 11.1 Å². The average Bonchev–Trinajstić information content (AvgIpc) is 1.09. The summed E-state index contributed by atoms with van der Waals surface area (Å²) in [6, 6.07) is 121. The molecule has 1 unspecified atom stereocenters. The molecule has 702 valence electrons. The Morgan fingerprint density at radius 2 is 0.457 bits per heavy atom. The van der Waals surface area contributed by atoms with E-state index < -0.39 is 66.8 Å². The van der Waals surface area contributed by atoms with Crippen LogP contribution < -0.4 is 56.8 Å². The number of cyclic esters (lactones) is 1. The predicted molar refractivity (Wildman–Crippen MR) is 523 cm³/mol. The van der Waals surface area contributed by atoms with E-state index in [2.05, 4.69) is 0 Å². The average molecular weight is 1870 g/mol. The van der Waals surface area contributed by atoms with Crippen LogP contribution in [0.25, 0.3) is 11.1 Å². The highest BCUT2D eigenvalue weighted by Gasteiger charge is 2.54. The lowest BCUT2D eigenvalue weighted by Crippen LogP contribution is -2.62. The Balaban J connectivity index is 0.849. The maximum Gasteiger partial charge on any atom is 0.339 e. The molecule has 0 saturated carbocycles. The van der Waals surface area contributed by atoms with Gasteiger partial charge < -0.3 is 85.6 Å². The van der Waals surface area contributed by atoms with Crippen molar-refractivity contribution in [2.24, 2.45) is 0 Å². The molecule has 1 saturated heterocycles. The van der Waals surface area contributed by atoms with E-state index in [9.17, 15) is 5.11 Å². The summed E-state index contributed by atoms with van der Waals surface area (Å²) in [5.74, 6) is -5.01. The van der Waals surface area contributed by atoms with Gasteiger partial charge in [-0.1, -0.05) is 364 Å². The molecule has 0 radical (unpaired) electrons. The van der Waals surface area contributed by atoms with Gasteiger partial charge in [0.25, 0.3) is 0 Å². The molecule has 0 amide bonds. The fourth-order valence-electron chi connectivity index (χ4n) is 15.9. The van der Waals surface area contributed by atoms with Gasteiger partial charge in [-0.15, -0.1) is 0 Å². The number of carbonyl (C=O) groups is 4. The smallest absolute Gasteiger partial charge is 0.339 e. The quantitative estimate of drug-likeness (QED) is 0.0277. The summed E-state index contributed by atoms with van der Waals surface area (Å²) in [4.78, 5) is 67.5. The molecule has 2 heterocycles. The minimum atomic E-state index is -2.36. The van der Waals surface area contributed by atoms with Crippen molar-refractivity contribution in [2.75, 3.05) is 6.61 Å². The van der Waals surface area contributed by atoms with Crippen LogP contribution in [-0.4, -0.2) is 66.3 Å². The first kappa shape index (κ1) is 93.3. The highest BCUT2D eigenvalue weighted by Crippen LogP contribution is 2.57. The van der Waals surface area contributed by atoms with Gasteiger partial charge in [-0.2, -0.15) is 0 Å². The van der Waals surface area contributed by atoms with Crippen molar-refractivity contribution in [3.8, 4) is 80.1 Å². The van der Waals surface area contributed by atoms with Crippen molar-refractivity contribution in [3.05, 3.63) is 489 Å². The Hall–Kier alpha value is -17.1.